The van der Waals surface area contributed by atoms with Gasteiger partial charge in [-0.2, -0.15) is 0 Å². The van der Waals surface area contributed by atoms with E-state index in [-0.39, 0.29) is 40.8 Å². The topological polar surface area (TPSA) is 99.2 Å². The van der Waals surface area contributed by atoms with Crippen LogP contribution in [0.4, 0.5) is 5.69 Å². The highest BCUT2D eigenvalue weighted by molar-refractivity contribution is 6.36. The summed E-state index contributed by atoms with van der Waals surface area (Å²) in [4.78, 5) is 52.2. The molecule has 0 aromatic heterocycles. The number of rotatable bonds is 10. The minimum Gasteiger partial charge on any atom is -0.457 e. The molecule has 0 unspecified atom stereocenters. The molecule has 4 aromatic rings. The molecule has 1 aliphatic heterocycles. The third-order valence-electron chi connectivity index (χ3n) is 7.51. The maximum Gasteiger partial charge on any atom is 0.345 e. The van der Waals surface area contributed by atoms with Crippen molar-refractivity contribution in [2.45, 2.75) is 33.1 Å². The number of carbonyl (C=O) groups excluding carboxylic acids is 4. The van der Waals surface area contributed by atoms with E-state index in [0.29, 0.717) is 22.4 Å². The average molecular weight is 661 g/mol. The lowest BCUT2D eigenvalue weighted by atomic mass is 10.0. The minimum atomic E-state index is -0.710. The number of anilines is 1. The molecular weight excluding hydrogens is 629 g/mol. The zero-order valence-corrected chi connectivity index (χ0v) is 26.9. The number of ketones is 1. The molecule has 1 heterocycles. The zero-order valence-electron chi connectivity index (χ0n) is 25.4. The molecule has 236 valence electrons. The normalized spacial score (nSPS) is 14.3. The number of benzene rings is 4. The second-order valence-electron chi connectivity index (χ2n) is 11.3. The van der Waals surface area contributed by atoms with E-state index < -0.39 is 30.2 Å². The molecule has 1 amide bonds. The Morgan fingerprint density at radius 1 is 0.891 bits per heavy atom. The number of Topliss-reactive ketones (excluding diaryl/α,β-unsaturated/α-hetero) is 1. The lowest BCUT2D eigenvalue weighted by Crippen LogP contribution is -2.27. The molecular formula is C36H31Cl2NO7. The Morgan fingerprint density at radius 2 is 1.59 bits per heavy atom. The van der Waals surface area contributed by atoms with Gasteiger partial charge in [-0.05, 0) is 96.8 Å². The quantitative estimate of drug-likeness (QED) is 0.0961. The van der Waals surface area contributed by atoms with Crippen LogP contribution in [0.2, 0.25) is 10.0 Å². The summed E-state index contributed by atoms with van der Waals surface area (Å²) in [6.45, 7) is 5.87. The van der Waals surface area contributed by atoms with Gasteiger partial charge in [-0.3, -0.25) is 14.4 Å². The fourth-order valence-electron chi connectivity index (χ4n) is 5.01. The SMILES string of the molecule is Cc1ccc(C(C)C)c(Oc2ccc(N3C[C@H](C(=O)OCC(=O)c4ccc(OC(=O)c5ccc(Cl)cc5Cl)cc4)CC3=O)cc2)c1. The monoisotopic (exact) mass is 659 g/mol. The van der Waals surface area contributed by atoms with Crippen molar-refractivity contribution >= 4 is 52.5 Å². The van der Waals surface area contributed by atoms with Crippen molar-refractivity contribution in [3.8, 4) is 17.2 Å². The molecule has 0 aliphatic carbocycles. The number of carbonyl (C=O) groups is 4. The zero-order chi connectivity index (χ0) is 33.0. The van der Waals surface area contributed by atoms with Gasteiger partial charge in [-0.25, -0.2) is 4.79 Å². The van der Waals surface area contributed by atoms with Gasteiger partial charge in [-0.1, -0.05) is 49.2 Å². The summed E-state index contributed by atoms with van der Waals surface area (Å²) >= 11 is 11.9. The Labute approximate surface area is 276 Å². The summed E-state index contributed by atoms with van der Waals surface area (Å²) in [6.07, 6.45) is -0.0238. The molecule has 1 atom stereocenters. The van der Waals surface area contributed by atoms with Crippen LogP contribution in [0.15, 0.2) is 84.9 Å². The molecule has 8 nitrogen and oxygen atoms in total. The van der Waals surface area contributed by atoms with E-state index in [9.17, 15) is 19.2 Å². The van der Waals surface area contributed by atoms with Crippen LogP contribution in [0.25, 0.3) is 0 Å². The van der Waals surface area contributed by atoms with Gasteiger partial charge in [0.2, 0.25) is 5.91 Å². The first-order chi connectivity index (χ1) is 22.0. The number of halogens is 2. The van der Waals surface area contributed by atoms with E-state index in [1.165, 1.54) is 47.4 Å². The van der Waals surface area contributed by atoms with Gasteiger partial charge in [0.25, 0.3) is 0 Å². The van der Waals surface area contributed by atoms with E-state index in [0.717, 1.165) is 16.9 Å². The molecule has 0 saturated carbocycles. The van der Waals surface area contributed by atoms with Crippen molar-refractivity contribution in [2.75, 3.05) is 18.1 Å². The van der Waals surface area contributed by atoms with E-state index in [1.54, 1.807) is 24.3 Å². The smallest absolute Gasteiger partial charge is 0.345 e. The Morgan fingerprint density at radius 3 is 2.26 bits per heavy atom. The maximum absolute atomic E-state index is 12.8. The summed E-state index contributed by atoms with van der Waals surface area (Å²) in [5, 5.41) is 0.539. The number of nitrogens with zero attached hydrogens (tertiary/aromatic N) is 1. The lowest BCUT2D eigenvalue weighted by Gasteiger charge is -2.18. The van der Waals surface area contributed by atoms with Gasteiger partial charge in [0, 0.05) is 29.2 Å². The van der Waals surface area contributed by atoms with Crippen LogP contribution in [0.5, 0.6) is 17.2 Å². The Bertz CT molecular complexity index is 1790. The minimum absolute atomic E-state index is 0.0238. The molecule has 1 saturated heterocycles. The van der Waals surface area contributed by atoms with E-state index in [1.807, 2.05) is 13.0 Å². The molecule has 10 heteroatoms. The van der Waals surface area contributed by atoms with E-state index in [2.05, 4.69) is 26.0 Å². The first kappa shape index (κ1) is 32.7. The summed E-state index contributed by atoms with van der Waals surface area (Å²) < 4.78 is 16.8. The summed E-state index contributed by atoms with van der Waals surface area (Å²) in [7, 11) is 0. The summed E-state index contributed by atoms with van der Waals surface area (Å²) in [5.74, 6) is -0.765. The van der Waals surface area contributed by atoms with E-state index >= 15 is 0 Å². The highest BCUT2D eigenvalue weighted by atomic mass is 35.5. The molecule has 4 aromatic carbocycles. The number of aryl methyl sites for hydroxylation is 1. The first-order valence-corrected chi connectivity index (χ1v) is 15.4. The van der Waals surface area contributed by atoms with Crippen LogP contribution in [0.1, 0.15) is 58.0 Å². The number of amides is 1. The number of hydrogen-bond donors (Lipinski definition) is 0. The van der Waals surface area contributed by atoms with Gasteiger partial charge < -0.3 is 19.1 Å². The van der Waals surface area contributed by atoms with Crippen molar-refractivity contribution in [3.05, 3.63) is 117 Å². The molecule has 1 fully saturated rings. The second-order valence-corrected chi connectivity index (χ2v) is 12.1. The number of ether oxygens (including phenoxy) is 3. The highest BCUT2D eigenvalue weighted by Gasteiger charge is 2.36. The van der Waals surface area contributed by atoms with Gasteiger partial charge in [-0.15, -0.1) is 0 Å². The summed E-state index contributed by atoms with van der Waals surface area (Å²) in [6, 6.07) is 23.5. The van der Waals surface area contributed by atoms with E-state index in [4.69, 9.17) is 37.4 Å². The van der Waals surface area contributed by atoms with Gasteiger partial charge in [0.1, 0.15) is 17.2 Å². The standard InChI is InChI=1S/C36H31Cl2NO7/c1-21(2)29-14-4-22(3)16-33(29)45-27-12-8-26(9-13-27)39-19-24(17-34(39)41)35(42)44-20-32(40)23-5-10-28(11-6-23)46-36(43)30-15-7-25(37)18-31(30)38/h4-16,18,21,24H,17,19-20H2,1-3H3/t24-/m1/s1. The molecule has 46 heavy (non-hydrogen) atoms. The first-order valence-electron chi connectivity index (χ1n) is 14.6. The molecule has 1 aliphatic rings. The second kappa shape index (κ2) is 14.2. The predicted octanol–water partition coefficient (Wildman–Crippen LogP) is 8.22. The fraction of sp³-hybridized carbons (Fsp3) is 0.222. The molecule has 0 radical (unpaired) electrons. The van der Waals surface area contributed by atoms with Crippen molar-refractivity contribution in [1.29, 1.82) is 0 Å². The van der Waals surface area contributed by atoms with Gasteiger partial charge in [0.15, 0.2) is 12.4 Å². The van der Waals surface area contributed by atoms with Crippen LogP contribution >= 0.6 is 23.2 Å². The number of hydrogen-bond acceptors (Lipinski definition) is 7. The lowest BCUT2D eigenvalue weighted by molar-refractivity contribution is -0.147. The average Bonchev–Trinajstić information content (AvgIpc) is 3.41. The third-order valence-corrected chi connectivity index (χ3v) is 8.06. The third kappa shape index (κ3) is 7.76. The van der Waals surface area contributed by atoms with Crippen molar-refractivity contribution in [3.63, 3.8) is 0 Å². The highest BCUT2D eigenvalue weighted by Crippen LogP contribution is 2.33. The Balaban J connectivity index is 1.13. The van der Waals surface area contributed by atoms with Crippen LogP contribution in [0, 0.1) is 12.8 Å². The van der Waals surface area contributed by atoms with Crippen LogP contribution in [0.3, 0.4) is 0 Å². The van der Waals surface area contributed by atoms with Crippen molar-refractivity contribution in [2.24, 2.45) is 5.92 Å². The van der Waals surface area contributed by atoms with Crippen LogP contribution < -0.4 is 14.4 Å². The fourth-order valence-corrected chi connectivity index (χ4v) is 5.49. The molecule has 0 bridgehead atoms. The summed E-state index contributed by atoms with van der Waals surface area (Å²) in [5.41, 5.74) is 3.23. The van der Waals surface area contributed by atoms with Crippen molar-refractivity contribution in [1.82, 2.24) is 0 Å². The Hall–Kier alpha value is -4.66. The molecule has 0 N–H and O–H groups in total. The largest absolute Gasteiger partial charge is 0.457 e. The maximum atomic E-state index is 12.8. The number of esters is 2. The molecule has 0 spiro atoms. The Kier molecular flexibility index (Phi) is 10.1. The van der Waals surface area contributed by atoms with Gasteiger partial charge in [0.05, 0.1) is 16.5 Å². The van der Waals surface area contributed by atoms with Crippen LogP contribution in [-0.4, -0.2) is 36.8 Å². The van der Waals surface area contributed by atoms with Crippen molar-refractivity contribution < 1.29 is 33.4 Å². The predicted molar refractivity (Wildman–Crippen MR) is 175 cm³/mol. The van der Waals surface area contributed by atoms with Gasteiger partial charge >= 0.3 is 11.9 Å². The van der Waals surface area contributed by atoms with Crippen LogP contribution in [-0.2, 0) is 14.3 Å². The molecule has 5 rings (SSSR count).